The lowest BCUT2D eigenvalue weighted by atomic mass is 10.1. The van der Waals surface area contributed by atoms with Gasteiger partial charge in [-0.15, -0.1) is 0 Å². The summed E-state index contributed by atoms with van der Waals surface area (Å²) < 4.78 is 0. The van der Waals surface area contributed by atoms with Gasteiger partial charge in [0.25, 0.3) is 0 Å². The number of hydrazine groups is 1. The Bertz CT molecular complexity index is 1200. The first kappa shape index (κ1) is 23.1. The summed E-state index contributed by atoms with van der Waals surface area (Å²) in [4.78, 5) is 18.2. The highest BCUT2D eigenvalue weighted by Crippen LogP contribution is 2.30. The van der Waals surface area contributed by atoms with Crippen LogP contribution in [0.25, 0.3) is 11.3 Å². The van der Waals surface area contributed by atoms with Crippen LogP contribution >= 0.6 is 0 Å². The lowest BCUT2D eigenvalue weighted by molar-refractivity contribution is 0.153. The number of hydrogen-bond acceptors (Lipinski definition) is 9. The van der Waals surface area contributed by atoms with Crippen molar-refractivity contribution in [2.75, 3.05) is 48.1 Å². The number of benzene rings is 2. The number of hydrogen-bond donors (Lipinski definition) is 3. The van der Waals surface area contributed by atoms with E-state index in [9.17, 15) is 0 Å². The van der Waals surface area contributed by atoms with Crippen LogP contribution in [0.5, 0.6) is 0 Å². The monoisotopic (exact) mass is 471 g/mol. The van der Waals surface area contributed by atoms with Crippen LogP contribution in [0.15, 0.2) is 59.7 Å². The molecule has 1 atom stereocenters. The Balaban J connectivity index is 1.30. The fraction of sp³-hybridized carbons (Fsp3) is 0.346. The number of nitrogen functional groups attached to an aromatic ring is 1. The molecule has 2 aliphatic rings. The van der Waals surface area contributed by atoms with Gasteiger partial charge in [0.05, 0.1) is 11.4 Å². The van der Waals surface area contributed by atoms with Crippen molar-refractivity contribution < 1.29 is 0 Å². The zero-order valence-electron chi connectivity index (χ0n) is 20.6. The molecule has 35 heavy (non-hydrogen) atoms. The topological polar surface area (TPSA) is 97.9 Å². The maximum atomic E-state index is 6.26. The second kappa shape index (κ2) is 9.52. The van der Waals surface area contributed by atoms with Gasteiger partial charge < -0.3 is 16.0 Å². The Morgan fingerprint density at radius 2 is 1.77 bits per heavy atom. The zero-order valence-corrected chi connectivity index (χ0v) is 20.6. The van der Waals surface area contributed by atoms with Gasteiger partial charge in [-0.1, -0.05) is 0 Å². The second-order valence-electron chi connectivity index (χ2n) is 9.44. The average molecular weight is 472 g/mol. The highest BCUT2D eigenvalue weighted by molar-refractivity contribution is 5.81. The molecule has 3 aromatic rings. The number of rotatable bonds is 6. The molecule has 5 rings (SSSR count). The van der Waals surface area contributed by atoms with Gasteiger partial charge >= 0.3 is 0 Å². The van der Waals surface area contributed by atoms with Crippen molar-refractivity contribution in [2.45, 2.75) is 32.0 Å². The molecule has 1 aromatic heterocycles. The number of nitrogens with one attached hydrogen (secondary N) is 2. The largest absolute Gasteiger partial charge is 0.399 e. The molecule has 9 nitrogen and oxygen atoms in total. The fourth-order valence-corrected chi connectivity index (χ4v) is 4.33. The molecule has 0 amide bonds. The van der Waals surface area contributed by atoms with E-state index in [-0.39, 0.29) is 0 Å². The lowest BCUT2D eigenvalue weighted by Gasteiger charge is -2.31. The zero-order chi connectivity index (χ0) is 24.4. The van der Waals surface area contributed by atoms with Crippen molar-refractivity contribution in [3.63, 3.8) is 0 Å². The molecular formula is C26H33N9. The SMILES string of the molecule is CN(C)C1(C)N=CN(c2ccc(Nc3nccc(-c4cc(N)cc(N5CCCCC5)c4)n3)cc2)N1. The minimum absolute atomic E-state index is 0.458. The number of nitrogens with zero attached hydrogens (tertiary/aromatic N) is 6. The minimum Gasteiger partial charge on any atom is -0.399 e. The molecule has 3 heterocycles. The van der Waals surface area contributed by atoms with Gasteiger partial charge in [0.15, 0.2) is 5.79 Å². The molecule has 4 N–H and O–H groups in total. The first-order chi connectivity index (χ1) is 16.9. The number of aliphatic imine (C=N–C) groups is 1. The van der Waals surface area contributed by atoms with Crippen molar-refractivity contribution in [3.05, 3.63) is 54.7 Å². The van der Waals surface area contributed by atoms with Crippen LogP contribution in [0.1, 0.15) is 26.2 Å². The predicted octanol–water partition coefficient (Wildman–Crippen LogP) is 4.05. The molecule has 1 saturated heterocycles. The second-order valence-corrected chi connectivity index (χ2v) is 9.44. The molecular weight excluding hydrogens is 438 g/mol. The quantitative estimate of drug-likeness (QED) is 0.463. The first-order valence-electron chi connectivity index (χ1n) is 12.1. The fourth-order valence-electron chi connectivity index (χ4n) is 4.33. The highest BCUT2D eigenvalue weighted by atomic mass is 15.7. The number of anilines is 5. The minimum atomic E-state index is -0.458. The Morgan fingerprint density at radius 3 is 2.49 bits per heavy atom. The van der Waals surface area contributed by atoms with Crippen LogP contribution in [0.4, 0.5) is 28.7 Å². The Kier molecular flexibility index (Phi) is 6.27. The summed E-state index contributed by atoms with van der Waals surface area (Å²) in [7, 11) is 3.99. The van der Waals surface area contributed by atoms with Gasteiger partial charge in [0.1, 0.15) is 6.34 Å². The van der Waals surface area contributed by atoms with E-state index in [0.717, 1.165) is 47.1 Å². The van der Waals surface area contributed by atoms with E-state index in [0.29, 0.717) is 5.95 Å². The summed E-state index contributed by atoms with van der Waals surface area (Å²) in [6.07, 6.45) is 7.32. The van der Waals surface area contributed by atoms with Crippen molar-refractivity contribution in [3.8, 4) is 11.3 Å². The van der Waals surface area contributed by atoms with Crippen molar-refractivity contribution >= 4 is 35.0 Å². The van der Waals surface area contributed by atoms with Gasteiger partial charge in [-0.25, -0.2) is 15.0 Å². The van der Waals surface area contributed by atoms with Crippen molar-refractivity contribution in [1.82, 2.24) is 20.3 Å². The molecule has 0 aliphatic carbocycles. The summed E-state index contributed by atoms with van der Waals surface area (Å²) in [6, 6.07) is 16.2. The summed E-state index contributed by atoms with van der Waals surface area (Å²) in [5.41, 5.74) is 15.3. The van der Waals surface area contributed by atoms with Crippen molar-refractivity contribution in [1.29, 1.82) is 0 Å². The van der Waals surface area contributed by atoms with E-state index < -0.39 is 5.79 Å². The molecule has 9 heteroatoms. The van der Waals surface area contributed by atoms with Gasteiger partial charge in [-0.3, -0.25) is 9.91 Å². The van der Waals surface area contributed by atoms with Crippen LogP contribution in [0, 0.1) is 0 Å². The number of nitrogens with two attached hydrogens (primary N) is 1. The van der Waals surface area contributed by atoms with E-state index in [1.807, 2.05) is 67.3 Å². The number of aromatic nitrogens is 2. The summed E-state index contributed by atoms with van der Waals surface area (Å²) in [6.45, 7) is 4.17. The molecule has 0 radical (unpaired) electrons. The van der Waals surface area contributed by atoms with Gasteiger partial charge in [0.2, 0.25) is 5.95 Å². The molecule has 0 bridgehead atoms. The third-order valence-corrected chi connectivity index (χ3v) is 6.64. The van der Waals surface area contributed by atoms with Gasteiger partial charge in [-0.05, 0) is 88.8 Å². The highest BCUT2D eigenvalue weighted by Gasteiger charge is 2.32. The third-order valence-electron chi connectivity index (χ3n) is 6.64. The molecule has 1 fully saturated rings. The maximum Gasteiger partial charge on any atom is 0.227 e. The molecule has 0 spiro atoms. The van der Waals surface area contributed by atoms with Crippen LogP contribution in [0.3, 0.4) is 0 Å². The molecule has 1 unspecified atom stereocenters. The Hall–Kier alpha value is -3.69. The molecule has 182 valence electrons. The Labute approximate surface area is 206 Å². The van der Waals surface area contributed by atoms with E-state index in [2.05, 4.69) is 37.8 Å². The number of piperidine rings is 1. The van der Waals surface area contributed by atoms with Crippen LogP contribution in [0.2, 0.25) is 0 Å². The summed E-state index contributed by atoms with van der Waals surface area (Å²) in [5.74, 6) is 0.0816. The van der Waals surface area contributed by atoms with E-state index in [4.69, 9.17) is 10.7 Å². The van der Waals surface area contributed by atoms with Crippen LogP contribution < -0.4 is 26.4 Å². The predicted molar refractivity (Wildman–Crippen MR) is 144 cm³/mol. The molecule has 2 aromatic carbocycles. The third kappa shape index (κ3) is 5.06. The van der Waals surface area contributed by atoms with Gasteiger partial charge in [-0.2, -0.15) is 5.43 Å². The summed E-state index contributed by atoms with van der Waals surface area (Å²) in [5, 5.41) is 5.23. The van der Waals surface area contributed by atoms with E-state index in [1.54, 1.807) is 12.5 Å². The van der Waals surface area contributed by atoms with Crippen LogP contribution in [-0.2, 0) is 0 Å². The smallest absolute Gasteiger partial charge is 0.227 e. The first-order valence-corrected chi connectivity index (χ1v) is 12.1. The Morgan fingerprint density at radius 1 is 1.00 bits per heavy atom. The van der Waals surface area contributed by atoms with E-state index >= 15 is 0 Å². The normalized spacial score (nSPS) is 20.0. The molecule has 0 saturated carbocycles. The average Bonchev–Trinajstić information content (AvgIpc) is 3.28. The standard InChI is InChI=1S/C26H33N9/c1-26(33(2)3)29-18-35(32-26)22-9-7-21(8-10-22)30-25-28-12-11-24(31-25)19-15-20(27)17-23(16-19)34-13-5-4-6-14-34/h7-12,15-18,32H,4-6,13-14,27H2,1-3H3,(H,28,30,31). The van der Waals surface area contributed by atoms with E-state index in [1.165, 1.54) is 19.3 Å². The lowest BCUT2D eigenvalue weighted by Crippen LogP contribution is -2.53. The summed E-state index contributed by atoms with van der Waals surface area (Å²) >= 11 is 0. The van der Waals surface area contributed by atoms with Crippen molar-refractivity contribution in [2.24, 2.45) is 4.99 Å². The van der Waals surface area contributed by atoms with Crippen LogP contribution in [-0.4, -0.2) is 54.2 Å². The molecule has 2 aliphatic heterocycles. The van der Waals surface area contributed by atoms with Gasteiger partial charge in [0, 0.05) is 41.9 Å². The maximum absolute atomic E-state index is 6.26.